The molecule has 0 aliphatic carbocycles. The van der Waals surface area contributed by atoms with Crippen molar-refractivity contribution in [2.45, 2.75) is 63.8 Å². The molecule has 6 rings (SSSR count). The summed E-state index contributed by atoms with van der Waals surface area (Å²) in [5.41, 5.74) is -0.499. The standard InChI is InChI=1S/C41H45F3N8O6S/c1-4-25-18-30(52-39(59)51(38(57)40(52,2)3)29-9-8-26(21-45)32(20-29)41(42,43)44)10-12-34(25)58-17-16-50-15-14-49(22-31(50)24-53)23-36(55)47-28-7-5-6-27(19-28)46-33-11-13-35(54)48-37(33)56/h5-10,12,18-20,31,33,46,53H,4,11,13-17,22-24H2,1-3H3,(H,47,55)(H,48,54,56)/t31-,33?/m1/s1. The van der Waals surface area contributed by atoms with Gasteiger partial charge in [-0.05, 0) is 99.1 Å². The predicted molar refractivity (Wildman–Crippen MR) is 218 cm³/mol. The summed E-state index contributed by atoms with van der Waals surface area (Å²) < 4.78 is 47.6. The lowest BCUT2D eigenvalue weighted by Gasteiger charge is -2.40. The van der Waals surface area contributed by atoms with Gasteiger partial charge in [-0.3, -0.25) is 39.2 Å². The van der Waals surface area contributed by atoms with Crippen molar-refractivity contribution in [3.8, 4) is 11.8 Å². The number of hydrogen-bond acceptors (Lipinski definition) is 11. The summed E-state index contributed by atoms with van der Waals surface area (Å²) in [7, 11) is 0. The number of anilines is 4. The van der Waals surface area contributed by atoms with Crippen LogP contribution in [-0.2, 0) is 31.8 Å². The molecule has 14 nitrogen and oxygen atoms in total. The average molecular weight is 835 g/mol. The Morgan fingerprint density at radius 3 is 2.51 bits per heavy atom. The monoisotopic (exact) mass is 834 g/mol. The molecule has 0 bridgehead atoms. The maximum atomic E-state index is 13.8. The van der Waals surface area contributed by atoms with Crippen LogP contribution in [0, 0.1) is 11.3 Å². The number of alkyl halides is 3. The number of nitriles is 1. The number of amides is 4. The van der Waals surface area contributed by atoms with Gasteiger partial charge in [-0.25, -0.2) is 0 Å². The van der Waals surface area contributed by atoms with Crippen LogP contribution in [0.4, 0.5) is 35.9 Å². The normalized spacial score (nSPS) is 20.0. The molecule has 4 amide bonds. The van der Waals surface area contributed by atoms with Crippen molar-refractivity contribution >= 4 is 63.7 Å². The molecular weight excluding hydrogens is 790 g/mol. The lowest BCUT2D eigenvalue weighted by molar-refractivity contribution is -0.138. The van der Waals surface area contributed by atoms with E-state index in [-0.39, 0.29) is 54.1 Å². The molecule has 3 fully saturated rings. The first-order valence-electron chi connectivity index (χ1n) is 19.2. The van der Waals surface area contributed by atoms with Crippen molar-refractivity contribution < 1.29 is 42.2 Å². The number of piperidine rings is 1. The number of nitrogens with zero attached hydrogens (tertiary/aromatic N) is 5. The Morgan fingerprint density at radius 1 is 1.07 bits per heavy atom. The molecule has 18 heteroatoms. The Hall–Kier alpha value is -5.61. The number of aryl methyl sites for hydroxylation is 1. The fraction of sp³-hybridized carbons (Fsp3) is 0.415. The van der Waals surface area contributed by atoms with Crippen molar-refractivity contribution in [2.24, 2.45) is 0 Å². The topological polar surface area (TPSA) is 171 Å². The zero-order valence-corrected chi connectivity index (χ0v) is 33.6. The number of rotatable bonds is 13. The molecule has 3 aromatic rings. The Morgan fingerprint density at radius 2 is 1.81 bits per heavy atom. The molecular formula is C41H45F3N8O6S. The van der Waals surface area contributed by atoms with Crippen molar-refractivity contribution in [3.63, 3.8) is 0 Å². The summed E-state index contributed by atoms with van der Waals surface area (Å²) in [6.07, 6.45) is -3.62. The second-order valence-corrected chi connectivity index (χ2v) is 15.4. The summed E-state index contributed by atoms with van der Waals surface area (Å²) in [5.74, 6) is -0.832. The van der Waals surface area contributed by atoms with Crippen LogP contribution in [0.3, 0.4) is 0 Å². The van der Waals surface area contributed by atoms with E-state index in [2.05, 4.69) is 20.9 Å². The Kier molecular flexibility index (Phi) is 12.9. The van der Waals surface area contributed by atoms with Crippen molar-refractivity contribution in [3.05, 3.63) is 77.4 Å². The Labute approximate surface area is 344 Å². The fourth-order valence-corrected chi connectivity index (χ4v) is 8.07. The molecule has 3 aliphatic heterocycles. The second kappa shape index (κ2) is 17.7. The minimum atomic E-state index is -4.81. The van der Waals surface area contributed by atoms with Gasteiger partial charge in [-0.15, -0.1) is 0 Å². The zero-order valence-electron chi connectivity index (χ0n) is 32.8. The molecule has 0 radical (unpaired) electrons. The number of aliphatic hydroxyl groups excluding tert-OH is 1. The maximum Gasteiger partial charge on any atom is 0.417 e. The van der Waals surface area contributed by atoms with E-state index < -0.39 is 34.8 Å². The Balaban J connectivity index is 1.03. The molecule has 3 aromatic carbocycles. The van der Waals surface area contributed by atoms with Crippen LogP contribution in [0.5, 0.6) is 5.75 Å². The van der Waals surface area contributed by atoms with Gasteiger partial charge in [0.25, 0.3) is 5.91 Å². The molecule has 59 heavy (non-hydrogen) atoms. The lowest BCUT2D eigenvalue weighted by Crippen LogP contribution is -2.56. The number of carbonyl (C=O) groups is 4. The fourth-order valence-electron chi connectivity index (χ4n) is 7.55. The van der Waals surface area contributed by atoms with Crippen LogP contribution in [0.1, 0.15) is 50.3 Å². The van der Waals surface area contributed by atoms with E-state index in [1.54, 1.807) is 61.2 Å². The smallest absolute Gasteiger partial charge is 0.417 e. The molecule has 3 heterocycles. The number of hydrogen-bond donors (Lipinski definition) is 4. The third kappa shape index (κ3) is 9.49. The van der Waals surface area contributed by atoms with Gasteiger partial charge in [0, 0.05) is 55.7 Å². The first kappa shape index (κ1) is 43.0. The van der Waals surface area contributed by atoms with Gasteiger partial charge in [-0.1, -0.05) is 13.0 Å². The molecule has 4 N–H and O–H groups in total. The number of carbonyl (C=O) groups excluding carboxylic acids is 4. The third-order valence-corrected chi connectivity index (χ3v) is 11.0. The highest BCUT2D eigenvalue weighted by Crippen LogP contribution is 2.40. The van der Waals surface area contributed by atoms with Gasteiger partial charge in [-0.2, -0.15) is 18.4 Å². The maximum absolute atomic E-state index is 13.8. The van der Waals surface area contributed by atoms with E-state index in [1.807, 2.05) is 17.9 Å². The number of nitrogens with one attached hydrogen (secondary N) is 3. The highest BCUT2D eigenvalue weighted by molar-refractivity contribution is 7.81. The zero-order chi connectivity index (χ0) is 42.6. The SMILES string of the molecule is CCc1cc(N2C(=S)N(c3ccc(C#N)c(C(F)(F)F)c3)C(=O)C2(C)C)ccc1OCCN1CCN(CC(=O)Nc2cccc(NC3CCC(=O)NC3=O)c2)C[C@@H]1CO. The van der Waals surface area contributed by atoms with Crippen molar-refractivity contribution in [1.82, 2.24) is 15.1 Å². The van der Waals surface area contributed by atoms with Gasteiger partial charge in [0.2, 0.25) is 17.7 Å². The van der Waals surface area contributed by atoms with Gasteiger partial charge in [0.15, 0.2) is 5.11 Å². The van der Waals surface area contributed by atoms with Gasteiger partial charge in [0.05, 0.1) is 36.0 Å². The number of halogens is 3. The summed E-state index contributed by atoms with van der Waals surface area (Å²) >= 11 is 5.70. The van der Waals surface area contributed by atoms with E-state index in [4.69, 9.17) is 17.0 Å². The van der Waals surface area contributed by atoms with Crippen LogP contribution in [-0.4, -0.2) is 107 Å². The van der Waals surface area contributed by atoms with Crippen molar-refractivity contribution in [1.29, 1.82) is 5.26 Å². The van der Waals surface area contributed by atoms with E-state index in [9.17, 15) is 42.7 Å². The minimum absolute atomic E-state index is 0.00578. The van der Waals surface area contributed by atoms with Gasteiger partial charge in [0.1, 0.15) is 23.9 Å². The predicted octanol–water partition coefficient (Wildman–Crippen LogP) is 4.27. The number of ether oxygens (including phenoxy) is 1. The molecule has 3 aliphatic rings. The lowest BCUT2D eigenvalue weighted by atomic mass is 10.0. The van der Waals surface area contributed by atoms with Crippen LogP contribution in [0.25, 0.3) is 0 Å². The molecule has 0 saturated carbocycles. The van der Waals surface area contributed by atoms with E-state index >= 15 is 0 Å². The van der Waals surface area contributed by atoms with E-state index in [0.717, 1.165) is 22.6 Å². The quantitative estimate of drug-likeness (QED) is 0.143. The van der Waals surface area contributed by atoms with Crippen LogP contribution < -0.4 is 30.5 Å². The van der Waals surface area contributed by atoms with E-state index in [0.29, 0.717) is 68.4 Å². The Bertz CT molecular complexity index is 2180. The summed E-state index contributed by atoms with van der Waals surface area (Å²) in [4.78, 5) is 57.1. The molecule has 2 atom stereocenters. The molecule has 0 spiro atoms. The molecule has 3 saturated heterocycles. The summed E-state index contributed by atoms with van der Waals surface area (Å²) in [6.45, 7) is 7.63. The first-order valence-corrected chi connectivity index (χ1v) is 19.6. The van der Waals surface area contributed by atoms with Gasteiger partial charge < -0.3 is 25.4 Å². The number of imide groups is 1. The third-order valence-electron chi connectivity index (χ3n) is 10.7. The molecule has 1 unspecified atom stereocenters. The van der Waals surface area contributed by atoms with Crippen LogP contribution >= 0.6 is 12.2 Å². The number of aliphatic hydroxyl groups is 1. The first-order chi connectivity index (χ1) is 28.0. The number of benzene rings is 3. The highest BCUT2D eigenvalue weighted by Gasteiger charge is 2.51. The van der Waals surface area contributed by atoms with Gasteiger partial charge >= 0.3 is 6.18 Å². The second-order valence-electron chi connectivity index (χ2n) is 15.0. The largest absolute Gasteiger partial charge is 0.492 e. The molecule has 0 aromatic heterocycles. The minimum Gasteiger partial charge on any atom is -0.492 e. The highest BCUT2D eigenvalue weighted by atomic mass is 32.1. The van der Waals surface area contributed by atoms with Crippen molar-refractivity contribution in [2.75, 3.05) is 66.4 Å². The number of piperazine rings is 1. The molecule has 312 valence electrons. The average Bonchev–Trinajstić information content (AvgIpc) is 3.37. The summed E-state index contributed by atoms with van der Waals surface area (Å²) in [6, 6.07) is 16.2. The number of thiocarbonyl (C=S) groups is 1. The van der Waals surface area contributed by atoms with E-state index in [1.165, 1.54) is 6.07 Å². The summed E-state index contributed by atoms with van der Waals surface area (Å²) in [5, 5.41) is 27.8. The van der Waals surface area contributed by atoms with Crippen LogP contribution in [0.15, 0.2) is 60.7 Å². The van der Waals surface area contributed by atoms with Crippen LogP contribution in [0.2, 0.25) is 0 Å².